The third-order valence-electron chi connectivity index (χ3n) is 3.89. The first-order valence-electron chi connectivity index (χ1n) is 7.39. The van der Waals surface area contributed by atoms with Crippen molar-refractivity contribution in [2.75, 3.05) is 6.54 Å². The Balaban J connectivity index is 2.08. The summed E-state index contributed by atoms with van der Waals surface area (Å²) >= 11 is 5.27. The molecule has 1 fully saturated rings. The van der Waals surface area contributed by atoms with E-state index >= 15 is 0 Å². The van der Waals surface area contributed by atoms with E-state index < -0.39 is 5.54 Å². The van der Waals surface area contributed by atoms with E-state index in [4.69, 9.17) is 5.73 Å². The number of nitrogens with zero attached hydrogens (tertiary/aromatic N) is 1. The molecule has 116 valence electrons. The van der Waals surface area contributed by atoms with Crippen LogP contribution >= 0.6 is 27.7 Å². The largest absolute Gasteiger partial charge is 0.368 e. The Bertz CT molecular complexity index is 500. The van der Waals surface area contributed by atoms with E-state index in [0.29, 0.717) is 5.25 Å². The molecular formula is C15H22BrN3OS. The highest BCUT2D eigenvalue weighted by Crippen LogP contribution is 2.39. The highest BCUT2D eigenvalue weighted by molar-refractivity contribution is 9.10. The zero-order valence-electron chi connectivity index (χ0n) is 12.3. The maximum atomic E-state index is 12.0. The van der Waals surface area contributed by atoms with Crippen LogP contribution in [0.15, 0.2) is 27.8 Å². The monoisotopic (exact) mass is 371 g/mol. The molecule has 1 heterocycles. The van der Waals surface area contributed by atoms with Crippen molar-refractivity contribution in [2.45, 2.75) is 54.8 Å². The van der Waals surface area contributed by atoms with Crippen LogP contribution in [0, 0.1) is 0 Å². The van der Waals surface area contributed by atoms with Crippen LogP contribution in [0.2, 0.25) is 0 Å². The molecule has 1 aromatic heterocycles. The van der Waals surface area contributed by atoms with Crippen molar-refractivity contribution in [1.82, 2.24) is 10.3 Å². The molecule has 4 nitrogen and oxygen atoms in total. The molecular weight excluding hydrogens is 350 g/mol. The standard InChI is InChI=1S/C15H22BrN3OS/c1-2-8-19-15(14(17)20)7-3-5-11(10-15)21-13-12(16)6-4-9-18-13/h4,6,9,11,19H,2-3,5,7-8,10H2,1H3,(H2,17,20). The van der Waals surface area contributed by atoms with Gasteiger partial charge in [-0.3, -0.25) is 4.79 Å². The van der Waals surface area contributed by atoms with Crippen molar-refractivity contribution in [3.05, 3.63) is 22.8 Å². The molecule has 1 aliphatic rings. The van der Waals surface area contributed by atoms with Crippen LogP contribution in [0.5, 0.6) is 0 Å². The number of aromatic nitrogens is 1. The van der Waals surface area contributed by atoms with Gasteiger partial charge in [0.05, 0.1) is 5.54 Å². The Morgan fingerprint density at radius 1 is 1.67 bits per heavy atom. The lowest BCUT2D eigenvalue weighted by Crippen LogP contribution is -2.58. The van der Waals surface area contributed by atoms with Gasteiger partial charge in [-0.15, -0.1) is 11.8 Å². The molecule has 1 saturated carbocycles. The Morgan fingerprint density at radius 3 is 3.14 bits per heavy atom. The van der Waals surface area contributed by atoms with E-state index in [9.17, 15) is 4.79 Å². The molecule has 2 unspecified atom stereocenters. The van der Waals surface area contributed by atoms with Gasteiger partial charge in [0.25, 0.3) is 0 Å². The predicted octanol–water partition coefficient (Wildman–Crippen LogP) is 3.10. The van der Waals surface area contributed by atoms with Gasteiger partial charge < -0.3 is 11.1 Å². The fourth-order valence-corrected chi connectivity index (χ4v) is 4.58. The number of nitrogens with one attached hydrogen (secondary N) is 1. The summed E-state index contributed by atoms with van der Waals surface area (Å²) < 4.78 is 1.01. The maximum absolute atomic E-state index is 12.0. The minimum absolute atomic E-state index is 0.221. The van der Waals surface area contributed by atoms with Gasteiger partial charge in [-0.25, -0.2) is 4.98 Å². The molecule has 2 rings (SSSR count). The van der Waals surface area contributed by atoms with Crippen molar-refractivity contribution in [3.8, 4) is 0 Å². The summed E-state index contributed by atoms with van der Waals surface area (Å²) in [5, 5.41) is 4.74. The molecule has 0 saturated heterocycles. The minimum Gasteiger partial charge on any atom is -0.368 e. The van der Waals surface area contributed by atoms with Crippen LogP contribution in [0.25, 0.3) is 0 Å². The topological polar surface area (TPSA) is 68.0 Å². The molecule has 3 N–H and O–H groups in total. The first-order chi connectivity index (χ1) is 10.1. The lowest BCUT2D eigenvalue weighted by molar-refractivity contribution is -0.125. The smallest absolute Gasteiger partial charge is 0.237 e. The van der Waals surface area contributed by atoms with Gasteiger partial charge in [-0.2, -0.15) is 0 Å². The van der Waals surface area contributed by atoms with Crippen molar-refractivity contribution < 1.29 is 4.79 Å². The molecule has 1 aromatic rings. The molecule has 0 radical (unpaired) electrons. The zero-order valence-corrected chi connectivity index (χ0v) is 14.7. The third-order valence-corrected chi connectivity index (χ3v) is 6.08. The lowest BCUT2D eigenvalue weighted by Gasteiger charge is -2.39. The summed E-state index contributed by atoms with van der Waals surface area (Å²) in [5.74, 6) is -0.221. The van der Waals surface area contributed by atoms with E-state index in [1.54, 1.807) is 18.0 Å². The molecule has 1 amide bonds. The molecule has 0 spiro atoms. The van der Waals surface area contributed by atoms with Gasteiger partial charge in [-0.1, -0.05) is 6.92 Å². The maximum Gasteiger partial charge on any atom is 0.237 e. The second kappa shape index (κ2) is 7.61. The van der Waals surface area contributed by atoms with E-state index in [1.807, 2.05) is 12.1 Å². The summed E-state index contributed by atoms with van der Waals surface area (Å²) in [5.41, 5.74) is 5.14. The minimum atomic E-state index is -0.548. The van der Waals surface area contributed by atoms with Crippen LogP contribution in [0.1, 0.15) is 39.0 Å². The molecule has 6 heteroatoms. The van der Waals surface area contributed by atoms with Crippen LogP contribution in [-0.4, -0.2) is 28.2 Å². The van der Waals surface area contributed by atoms with Crippen molar-refractivity contribution in [1.29, 1.82) is 0 Å². The number of amides is 1. The quantitative estimate of drug-likeness (QED) is 0.805. The zero-order chi connectivity index (χ0) is 15.3. The lowest BCUT2D eigenvalue weighted by atomic mass is 9.80. The summed E-state index contributed by atoms with van der Waals surface area (Å²) in [4.78, 5) is 16.4. The van der Waals surface area contributed by atoms with Gasteiger partial charge in [0.1, 0.15) is 5.03 Å². The van der Waals surface area contributed by atoms with Crippen molar-refractivity contribution >= 4 is 33.6 Å². The van der Waals surface area contributed by atoms with Gasteiger partial charge >= 0.3 is 0 Å². The van der Waals surface area contributed by atoms with Crippen LogP contribution in [0.4, 0.5) is 0 Å². The van der Waals surface area contributed by atoms with Crippen molar-refractivity contribution in [3.63, 3.8) is 0 Å². The number of thioether (sulfide) groups is 1. The average Bonchev–Trinajstić information content (AvgIpc) is 2.48. The molecule has 0 aromatic carbocycles. The fourth-order valence-electron chi connectivity index (χ4n) is 2.78. The van der Waals surface area contributed by atoms with Crippen molar-refractivity contribution in [2.24, 2.45) is 5.73 Å². The number of carbonyl (C=O) groups excluding carboxylic acids is 1. The van der Waals surface area contributed by atoms with E-state index in [0.717, 1.165) is 48.1 Å². The molecule has 0 aliphatic heterocycles. The van der Waals surface area contributed by atoms with E-state index in [1.165, 1.54) is 0 Å². The van der Waals surface area contributed by atoms with Crippen LogP contribution in [0.3, 0.4) is 0 Å². The Labute approximate surface area is 138 Å². The SMILES string of the molecule is CCCNC1(C(N)=O)CCCC(Sc2ncccc2Br)C1. The van der Waals surface area contributed by atoms with E-state index in [-0.39, 0.29) is 5.91 Å². The molecule has 1 aliphatic carbocycles. The molecule has 0 bridgehead atoms. The third kappa shape index (κ3) is 4.20. The molecule has 21 heavy (non-hydrogen) atoms. The Morgan fingerprint density at radius 2 is 2.48 bits per heavy atom. The number of hydrogen-bond acceptors (Lipinski definition) is 4. The Hall–Kier alpha value is -0.590. The highest BCUT2D eigenvalue weighted by atomic mass is 79.9. The predicted molar refractivity (Wildman–Crippen MR) is 90.3 cm³/mol. The number of halogens is 1. The number of carbonyl (C=O) groups is 1. The number of pyridine rings is 1. The highest BCUT2D eigenvalue weighted by Gasteiger charge is 2.41. The second-order valence-electron chi connectivity index (χ2n) is 5.50. The summed E-state index contributed by atoms with van der Waals surface area (Å²) in [7, 11) is 0. The van der Waals surface area contributed by atoms with E-state index in [2.05, 4.69) is 33.2 Å². The second-order valence-corrected chi connectivity index (χ2v) is 7.64. The van der Waals surface area contributed by atoms with Gasteiger partial charge in [0.15, 0.2) is 0 Å². The Kier molecular flexibility index (Phi) is 6.08. The van der Waals surface area contributed by atoms with Gasteiger partial charge in [0.2, 0.25) is 5.91 Å². The van der Waals surface area contributed by atoms with Gasteiger partial charge in [0, 0.05) is 15.9 Å². The van der Waals surface area contributed by atoms with Gasteiger partial charge in [-0.05, 0) is 66.7 Å². The first kappa shape index (κ1) is 16.8. The number of primary amides is 1. The normalized spacial score (nSPS) is 25.7. The number of rotatable bonds is 6. The average molecular weight is 372 g/mol. The molecule has 2 atom stereocenters. The van der Waals surface area contributed by atoms with Crippen LogP contribution in [-0.2, 0) is 4.79 Å². The number of hydrogen-bond donors (Lipinski definition) is 2. The first-order valence-corrected chi connectivity index (χ1v) is 9.07. The summed E-state index contributed by atoms with van der Waals surface area (Å²) in [6.45, 7) is 2.93. The van der Waals surface area contributed by atoms with Crippen LogP contribution < -0.4 is 11.1 Å². The summed E-state index contributed by atoms with van der Waals surface area (Å²) in [6, 6.07) is 3.90. The summed E-state index contributed by atoms with van der Waals surface area (Å²) in [6.07, 6.45) is 6.52. The fraction of sp³-hybridized carbons (Fsp3) is 0.600. The number of nitrogens with two attached hydrogens (primary N) is 1.